The molecule has 6 nitrogen and oxygen atoms in total. The molecule has 1 aliphatic rings. The number of amides is 1. The second-order valence-electron chi connectivity index (χ2n) is 8.04. The van der Waals surface area contributed by atoms with Gasteiger partial charge in [-0.1, -0.05) is 12.1 Å². The number of benzene rings is 2. The molecule has 1 aliphatic heterocycles. The van der Waals surface area contributed by atoms with Crippen LogP contribution >= 0.6 is 0 Å². The highest BCUT2D eigenvalue weighted by molar-refractivity contribution is 6.44. The van der Waals surface area contributed by atoms with E-state index >= 15 is 0 Å². The lowest BCUT2D eigenvalue weighted by molar-refractivity contribution is -0.140. The second-order valence-corrected chi connectivity index (χ2v) is 8.04. The molecule has 2 aromatic rings. The highest BCUT2D eigenvalue weighted by Crippen LogP contribution is 2.39. The maximum absolute atomic E-state index is 13.5. The summed E-state index contributed by atoms with van der Waals surface area (Å²) in [6, 6.07) is 9.85. The quantitative estimate of drug-likeness (QED) is 0.369. The first-order valence-corrected chi connectivity index (χ1v) is 10.2. The molecule has 7 heteroatoms. The van der Waals surface area contributed by atoms with Gasteiger partial charge in [0.1, 0.15) is 17.5 Å². The van der Waals surface area contributed by atoms with Gasteiger partial charge < -0.3 is 14.5 Å². The van der Waals surface area contributed by atoms with Crippen molar-refractivity contribution in [2.24, 2.45) is 5.92 Å². The van der Waals surface area contributed by atoms with E-state index in [9.17, 15) is 18.8 Å². The van der Waals surface area contributed by atoms with Gasteiger partial charge in [-0.2, -0.15) is 0 Å². The van der Waals surface area contributed by atoms with Crippen molar-refractivity contribution in [3.05, 3.63) is 65.0 Å². The molecule has 3 rings (SSSR count). The van der Waals surface area contributed by atoms with Crippen molar-refractivity contribution < 1.29 is 23.5 Å². The SMILES string of the molecule is COc1ccc(C(=O)C2C(=O)C(=O)N(CCCN(C)C)C2c2ccc(F)cc2)c(C)c1. The van der Waals surface area contributed by atoms with Crippen LogP contribution in [0.1, 0.15) is 33.9 Å². The van der Waals surface area contributed by atoms with Crippen LogP contribution in [0.25, 0.3) is 0 Å². The summed E-state index contributed by atoms with van der Waals surface area (Å²) < 4.78 is 18.7. The number of Topliss-reactive ketones (excluding diaryl/α,β-unsaturated/α-hetero) is 2. The predicted molar refractivity (Wildman–Crippen MR) is 115 cm³/mol. The first kappa shape index (κ1) is 22.6. The number of carbonyl (C=O) groups excluding carboxylic acids is 3. The third kappa shape index (κ3) is 4.66. The molecular formula is C24H27FN2O4. The van der Waals surface area contributed by atoms with Gasteiger partial charge >= 0.3 is 0 Å². The van der Waals surface area contributed by atoms with Crippen molar-refractivity contribution in [3.63, 3.8) is 0 Å². The van der Waals surface area contributed by atoms with Gasteiger partial charge in [0, 0.05) is 12.1 Å². The Bertz CT molecular complexity index is 988. The Morgan fingerprint density at radius 3 is 2.39 bits per heavy atom. The third-order valence-corrected chi connectivity index (χ3v) is 5.60. The fraction of sp³-hybridized carbons (Fsp3) is 0.375. The Hall–Kier alpha value is -3.06. The van der Waals surface area contributed by atoms with Crippen LogP contribution in [-0.4, -0.2) is 61.6 Å². The number of ether oxygens (including phenoxy) is 1. The number of carbonyl (C=O) groups is 3. The molecule has 0 aromatic heterocycles. The molecule has 1 amide bonds. The largest absolute Gasteiger partial charge is 0.497 e. The number of aryl methyl sites for hydroxylation is 1. The molecule has 0 aliphatic carbocycles. The molecular weight excluding hydrogens is 399 g/mol. The molecule has 0 saturated carbocycles. The predicted octanol–water partition coefficient (Wildman–Crippen LogP) is 3.05. The summed E-state index contributed by atoms with van der Waals surface area (Å²) in [5.41, 5.74) is 1.60. The Morgan fingerprint density at radius 2 is 1.81 bits per heavy atom. The minimum Gasteiger partial charge on any atom is -0.497 e. The second kappa shape index (κ2) is 9.39. The maximum atomic E-state index is 13.5. The van der Waals surface area contributed by atoms with E-state index in [1.165, 1.54) is 36.3 Å². The molecule has 0 spiro atoms. The van der Waals surface area contributed by atoms with Crippen molar-refractivity contribution in [3.8, 4) is 5.75 Å². The zero-order chi connectivity index (χ0) is 22.7. The van der Waals surface area contributed by atoms with E-state index in [1.54, 1.807) is 25.1 Å². The summed E-state index contributed by atoms with van der Waals surface area (Å²) in [5, 5.41) is 0. The van der Waals surface area contributed by atoms with Crippen LogP contribution in [0, 0.1) is 18.7 Å². The summed E-state index contributed by atoms with van der Waals surface area (Å²) in [7, 11) is 5.38. The zero-order valence-electron chi connectivity index (χ0n) is 18.2. The Morgan fingerprint density at radius 1 is 1.13 bits per heavy atom. The van der Waals surface area contributed by atoms with Crippen LogP contribution in [0.15, 0.2) is 42.5 Å². The van der Waals surface area contributed by atoms with Crippen LogP contribution in [0.3, 0.4) is 0 Å². The monoisotopic (exact) mass is 426 g/mol. The third-order valence-electron chi connectivity index (χ3n) is 5.60. The number of halogens is 1. The van der Waals surface area contributed by atoms with Crippen molar-refractivity contribution in [1.29, 1.82) is 0 Å². The first-order chi connectivity index (χ1) is 14.7. The van der Waals surface area contributed by atoms with Crippen LogP contribution in [0.2, 0.25) is 0 Å². The number of likely N-dealkylation sites (tertiary alicyclic amines) is 1. The Kier molecular flexibility index (Phi) is 6.85. The van der Waals surface area contributed by atoms with E-state index in [2.05, 4.69) is 0 Å². The summed E-state index contributed by atoms with van der Waals surface area (Å²) in [5.74, 6) is -2.81. The molecule has 31 heavy (non-hydrogen) atoms. The average molecular weight is 426 g/mol. The summed E-state index contributed by atoms with van der Waals surface area (Å²) in [6.45, 7) is 2.82. The number of rotatable bonds is 8. The standard InChI is InChI=1S/C24H27FN2O4/c1-15-14-18(31-4)10-11-19(15)22(28)20-21(16-6-8-17(25)9-7-16)27(24(30)23(20)29)13-5-12-26(2)3/h6-11,14,20-21H,5,12-13H2,1-4H3. The zero-order valence-corrected chi connectivity index (χ0v) is 18.2. The number of methoxy groups -OCH3 is 1. The number of ketones is 2. The molecule has 1 heterocycles. The molecule has 2 aromatic carbocycles. The molecule has 0 N–H and O–H groups in total. The average Bonchev–Trinajstić information content (AvgIpc) is 2.98. The Balaban J connectivity index is 2.01. The number of hydrogen-bond donors (Lipinski definition) is 0. The first-order valence-electron chi connectivity index (χ1n) is 10.2. The lowest BCUT2D eigenvalue weighted by atomic mass is 9.85. The highest BCUT2D eigenvalue weighted by atomic mass is 19.1. The van der Waals surface area contributed by atoms with E-state index in [1.807, 2.05) is 19.0 Å². The van der Waals surface area contributed by atoms with E-state index in [0.29, 0.717) is 35.4 Å². The lowest BCUT2D eigenvalue weighted by Crippen LogP contribution is -2.33. The lowest BCUT2D eigenvalue weighted by Gasteiger charge is -2.28. The van der Waals surface area contributed by atoms with Gasteiger partial charge in [0.15, 0.2) is 5.78 Å². The van der Waals surface area contributed by atoms with Crippen molar-refractivity contribution >= 4 is 17.5 Å². The fourth-order valence-electron chi connectivity index (χ4n) is 4.02. The van der Waals surface area contributed by atoms with E-state index < -0.39 is 35.3 Å². The molecule has 2 unspecified atom stereocenters. The minimum absolute atomic E-state index is 0.330. The summed E-state index contributed by atoms with van der Waals surface area (Å²) in [4.78, 5) is 42.8. The smallest absolute Gasteiger partial charge is 0.291 e. The van der Waals surface area contributed by atoms with Crippen LogP contribution in [-0.2, 0) is 9.59 Å². The van der Waals surface area contributed by atoms with Crippen LogP contribution < -0.4 is 4.74 Å². The van der Waals surface area contributed by atoms with Crippen molar-refractivity contribution in [2.75, 3.05) is 34.3 Å². The summed E-state index contributed by atoms with van der Waals surface area (Å²) in [6.07, 6.45) is 0.645. The topological polar surface area (TPSA) is 66.9 Å². The van der Waals surface area contributed by atoms with Crippen molar-refractivity contribution in [1.82, 2.24) is 9.80 Å². The summed E-state index contributed by atoms with van der Waals surface area (Å²) >= 11 is 0. The maximum Gasteiger partial charge on any atom is 0.291 e. The van der Waals surface area contributed by atoms with Gasteiger partial charge in [-0.15, -0.1) is 0 Å². The molecule has 1 saturated heterocycles. The molecule has 0 bridgehead atoms. The van der Waals surface area contributed by atoms with Gasteiger partial charge in [-0.3, -0.25) is 14.4 Å². The van der Waals surface area contributed by atoms with E-state index in [4.69, 9.17) is 4.74 Å². The highest BCUT2D eigenvalue weighted by Gasteiger charge is 2.51. The van der Waals surface area contributed by atoms with Crippen molar-refractivity contribution in [2.45, 2.75) is 19.4 Å². The van der Waals surface area contributed by atoms with Crippen LogP contribution in [0.4, 0.5) is 4.39 Å². The fourth-order valence-corrected chi connectivity index (χ4v) is 4.02. The van der Waals surface area contributed by atoms with Gasteiger partial charge in [-0.25, -0.2) is 4.39 Å². The number of hydrogen-bond acceptors (Lipinski definition) is 5. The van der Waals surface area contributed by atoms with Gasteiger partial charge in [0.2, 0.25) is 5.78 Å². The number of nitrogens with zero attached hydrogens (tertiary/aromatic N) is 2. The van der Waals surface area contributed by atoms with Crippen LogP contribution in [0.5, 0.6) is 5.75 Å². The Labute approximate surface area is 181 Å². The van der Waals surface area contributed by atoms with Gasteiger partial charge in [0.05, 0.1) is 13.2 Å². The molecule has 2 atom stereocenters. The van der Waals surface area contributed by atoms with E-state index in [-0.39, 0.29) is 0 Å². The molecule has 164 valence electrons. The van der Waals surface area contributed by atoms with Gasteiger partial charge in [0.25, 0.3) is 5.91 Å². The molecule has 1 fully saturated rings. The normalized spacial score (nSPS) is 18.7. The van der Waals surface area contributed by atoms with E-state index in [0.717, 1.165) is 6.54 Å². The minimum atomic E-state index is -1.18. The van der Waals surface area contributed by atoms with Gasteiger partial charge in [-0.05, 0) is 75.4 Å². The molecule has 0 radical (unpaired) electrons.